The lowest BCUT2D eigenvalue weighted by molar-refractivity contribution is -0.122. The molecule has 1 aromatic carbocycles. The van der Waals surface area contributed by atoms with Crippen LogP contribution >= 0.6 is 0 Å². The molecule has 0 aliphatic carbocycles. The van der Waals surface area contributed by atoms with Crippen molar-refractivity contribution in [2.75, 3.05) is 24.3 Å². The first-order chi connectivity index (χ1) is 10.2. The van der Waals surface area contributed by atoms with E-state index < -0.39 is 9.84 Å². The summed E-state index contributed by atoms with van der Waals surface area (Å²) >= 11 is 0. The number of nitrogens with zero attached hydrogens (tertiary/aromatic N) is 1. The summed E-state index contributed by atoms with van der Waals surface area (Å²) in [6, 6.07) is 4.61. The van der Waals surface area contributed by atoms with E-state index in [1.807, 2.05) is 13.8 Å². The third kappa shape index (κ3) is 3.50. The predicted molar refractivity (Wildman–Crippen MR) is 86.0 cm³/mol. The highest BCUT2D eigenvalue weighted by molar-refractivity contribution is 7.90. The highest BCUT2D eigenvalue weighted by Crippen LogP contribution is 2.35. The van der Waals surface area contributed by atoms with Gasteiger partial charge in [0.1, 0.15) is 12.4 Å². The first kappa shape index (κ1) is 16.5. The number of hydrogen-bond acceptors (Lipinski definition) is 4. The Bertz CT molecular complexity index is 709. The molecule has 1 heterocycles. The van der Waals surface area contributed by atoms with Gasteiger partial charge in [-0.3, -0.25) is 4.79 Å². The fraction of sp³-hybridized carbons (Fsp3) is 0.438. The summed E-state index contributed by atoms with van der Waals surface area (Å²) in [6.07, 6.45) is 1.76. The molecule has 0 spiro atoms. The molecule has 0 radical (unpaired) electrons. The smallest absolute Gasteiger partial charge is 0.230 e. The van der Waals surface area contributed by atoms with Crippen molar-refractivity contribution in [3.63, 3.8) is 0 Å². The molecule has 120 valence electrons. The van der Waals surface area contributed by atoms with Crippen molar-refractivity contribution in [1.29, 1.82) is 0 Å². The van der Waals surface area contributed by atoms with Gasteiger partial charge >= 0.3 is 0 Å². The fourth-order valence-electron chi connectivity index (χ4n) is 2.53. The van der Waals surface area contributed by atoms with Crippen LogP contribution in [0.1, 0.15) is 20.3 Å². The molecule has 0 fully saturated rings. The summed E-state index contributed by atoms with van der Waals surface area (Å²) in [5.41, 5.74) is 1.46. The summed E-state index contributed by atoms with van der Waals surface area (Å²) < 4.78 is 29.0. The van der Waals surface area contributed by atoms with Gasteiger partial charge in [-0.25, -0.2) is 8.42 Å². The van der Waals surface area contributed by atoms with Crippen molar-refractivity contribution >= 4 is 21.4 Å². The molecule has 0 bridgehead atoms. The molecule has 0 unspecified atom stereocenters. The van der Waals surface area contributed by atoms with Crippen molar-refractivity contribution in [1.82, 2.24) is 0 Å². The summed E-state index contributed by atoms with van der Waals surface area (Å²) in [5.74, 6) is 0.290. The molecular formula is C16H21NO4S. The molecule has 5 nitrogen and oxygen atoms in total. The van der Waals surface area contributed by atoms with E-state index in [1.54, 1.807) is 11.0 Å². The van der Waals surface area contributed by atoms with Crippen molar-refractivity contribution in [3.05, 3.63) is 30.4 Å². The second kappa shape index (κ2) is 6.12. The molecule has 2 rings (SSSR count). The summed E-state index contributed by atoms with van der Waals surface area (Å²) in [7, 11) is -3.33. The molecule has 0 aromatic heterocycles. The van der Waals surface area contributed by atoms with Crippen LogP contribution in [0.5, 0.6) is 5.75 Å². The average molecular weight is 323 g/mol. The van der Waals surface area contributed by atoms with Crippen LogP contribution in [0.3, 0.4) is 0 Å². The van der Waals surface area contributed by atoms with Crippen LogP contribution in [0.25, 0.3) is 0 Å². The van der Waals surface area contributed by atoms with E-state index in [0.29, 0.717) is 31.0 Å². The Morgan fingerprint density at radius 3 is 2.73 bits per heavy atom. The molecule has 1 aliphatic heterocycles. The van der Waals surface area contributed by atoms with E-state index in [-0.39, 0.29) is 16.7 Å². The number of anilines is 1. The zero-order chi connectivity index (χ0) is 16.5. The van der Waals surface area contributed by atoms with Gasteiger partial charge in [0.05, 0.1) is 17.1 Å². The van der Waals surface area contributed by atoms with Crippen LogP contribution in [-0.2, 0) is 14.6 Å². The molecule has 6 heteroatoms. The van der Waals surface area contributed by atoms with Crippen LogP contribution in [0, 0.1) is 5.92 Å². The summed E-state index contributed by atoms with van der Waals surface area (Å²) in [4.78, 5) is 14.4. The molecule has 0 saturated carbocycles. The van der Waals surface area contributed by atoms with Crippen LogP contribution in [0.4, 0.5) is 5.69 Å². The molecule has 1 amide bonds. The van der Waals surface area contributed by atoms with Crippen molar-refractivity contribution in [2.45, 2.75) is 25.2 Å². The zero-order valence-corrected chi connectivity index (χ0v) is 13.9. The van der Waals surface area contributed by atoms with Gasteiger partial charge in [0.15, 0.2) is 9.84 Å². The van der Waals surface area contributed by atoms with E-state index in [1.165, 1.54) is 12.1 Å². The normalized spacial score (nSPS) is 15.7. The van der Waals surface area contributed by atoms with Gasteiger partial charge in [-0.15, -0.1) is 6.58 Å². The Morgan fingerprint density at radius 2 is 2.14 bits per heavy atom. The van der Waals surface area contributed by atoms with Crippen LogP contribution in [0.2, 0.25) is 0 Å². The molecular weight excluding hydrogens is 302 g/mol. The number of ether oxygens (including phenoxy) is 1. The van der Waals surface area contributed by atoms with E-state index in [4.69, 9.17) is 4.74 Å². The minimum Gasteiger partial charge on any atom is -0.490 e. The topological polar surface area (TPSA) is 63.7 Å². The maximum absolute atomic E-state index is 12.6. The number of amides is 1. The standard InChI is InChI=1S/C16H21NO4S/c1-11(2)9-12(3)16(18)17-7-8-21-15-6-5-13(10-14(15)17)22(4,19)20/h5-6,10,12H,1,7-9H2,2-4H3/t12-/m1/s1. The molecule has 1 atom stereocenters. The van der Waals surface area contributed by atoms with Crippen molar-refractivity contribution in [3.8, 4) is 5.75 Å². The fourth-order valence-corrected chi connectivity index (χ4v) is 3.17. The van der Waals surface area contributed by atoms with Gasteiger partial charge in [-0.2, -0.15) is 0 Å². The minimum absolute atomic E-state index is 0.0433. The molecule has 0 N–H and O–H groups in total. The Balaban J connectivity index is 2.38. The van der Waals surface area contributed by atoms with Gasteiger partial charge in [0, 0.05) is 12.2 Å². The van der Waals surface area contributed by atoms with E-state index in [2.05, 4.69) is 6.58 Å². The average Bonchev–Trinajstić information content (AvgIpc) is 2.43. The predicted octanol–water partition coefficient (Wildman–Crippen LogP) is 2.42. The largest absolute Gasteiger partial charge is 0.490 e. The summed E-state index contributed by atoms with van der Waals surface area (Å²) in [5, 5.41) is 0. The molecule has 0 saturated heterocycles. The number of benzene rings is 1. The highest BCUT2D eigenvalue weighted by Gasteiger charge is 2.28. The van der Waals surface area contributed by atoms with Crippen LogP contribution in [0.15, 0.2) is 35.2 Å². The van der Waals surface area contributed by atoms with Crippen LogP contribution in [-0.4, -0.2) is 33.7 Å². The van der Waals surface area contributed by atoms with E-state index in [0.717, 1.165) is 11.8 Å². The number of carbonyl (C=O) groups excluding carboxylic acids is 1. The third-order valence-corrected chi connectivity index (χ3v) is 4.67. The highest BCUT2D eigenvalue weighted by atomic mass is 32.2. The zero-order valence-electron chi connectivity index (χ0n) is 13.1. The first-order valence-electron chi connectivity index (χ1n) is 7.13. The lowest BCUT2D eigenvalue weighted by atomic mass is 10.0. The minimum atomic E-state index is -3.33. The van der Waals surface area contributed by atoms with E-state index >= 15 is 0 Å². The second-order valence-electron chi connectivity index (χ2n) is 5.80. The maximum atomic E-state index is 12.6. The number of fused-ring (bicyclic) bond motifs is 1. The quantitative estimate of drug-likeness (QED) is 0.798. The van der Waals surface area contributed by atoms with Gasteiger partial charge in [-0.05, 0) is 31.5 Å². The number of carbonyl (C=O) groups is 1. The van der Waals surface area contributed by atoms with Gasteiger partial charge in [0.2, 0.25) is 5.91 Å². The number of hydrogen-bond donors (Lipinski definition) is 0. The lowest BCUT2D eigenvalue weighted by Gasteiger charge is -2.31. The molecule has 22 heavy (non-hydrogen) atoms. The summed E-state index contributed by atoms with van der Waals surface area (Å²) in [6.45, 7) is 8.40. The van der Waals surface area contributed by atoms with Crippen molar-refractivity contribution in [2.24, 2.45) is 5.92 Å². The number of allylic oxidation sites excluding steroid dienone is 1. The lowest BCUT2D eigenvalue weighted by Crippen LogP contribution is -2.41. The Hall–Kier alpha value is -1.82. The monoisotopic (exact) mass is 323 g/mol. The Kier molecular flexibility index (Phi) is 4.60. The maximum Gasteiger partial charge on any atom is 0.230 e. The van der Waals surface area contributed by atoms with Gasteiger partial charge in [0.25, 0.3) is 0 Å². The molecule has 1 aliphatic rings. The number of sulfone groups is 1. The third-order valence-electron chi connectivity index (χ3n) is 3.56. The van der Waals surface area contributed by atoms with E-state index in [9.17, 15) is 13.2 Å². The first-order valence-corrected chi connectivity index (χ1v) is 9.02. The van der Waals surface area contributed by atoms with Crippen LogP contribution < -0.4 is 9.64 Å². The van der Waals surface area contributed by atoms with Crippen molar-refractivity contribution < 1.29 is 17.9 Å². The van der Waals surface area contributed by atoms with Gasteiger partial charge < -0.3 is 9.64 Å². The Labute approximate surface area is 131 Å². The van der Waals surface area contributed by atoms with Gasteiger partial charge in [-0.1, -0.05) is 12.5 Å². The number of rotatable bonds is 4. The SMILES string of the molecule is C=C(C)C[C@@H](C)C(=O)N1CCOc2ccc(S(C)(=O)=O)cc21. The molecule has 1 aromatic rings. The second-order valence-corrected chi connectivity index (χ2v) is 7.82. The Morgan fingerprint density at radius 1 is 1.45 bits per heavy atom.